The van der Waals surface area contributed by atoms with Crippen LogP contribution in [0.4, 0.5) is 0 Å². The number of hydrogen-bond acceptors (Lipinski definition) is 3. The van der Waals surface area contributed by atoms with Gasteiger partial charge in [0.25, 0.3) is 11.8 Å². The Kier molecular flexibility index (Phi) is 4.07. The monoisotopic (exact) mass is 385 g/mol. The number of para-hydroxylation sites is 2. The molecule has 144 valence electrons. The molecule has 0 spiro atoms. The zero-order valence-corrected chi connectivity index (χ0v) is 15.6. The lowest BCUT2D eigenvalue weighted by Gasteiger charge is -2.13. The minimum absolute atomic E-state index is 0.0821. The molecule has 5 rings (SSSR count). The lowest BCUT2D eigenvalue weighted by atomic mass is 9.99. The molecule has 6 nitrogen and oxygen atoms in total. The standard InChI is InChI=1S/C23H19N3O3/c27-11-5-10-26-22(28)20(16-13-24-18-9-4-2-7-15(16)18)21(23(26)29)19-12-14-6-1-3-8-17(14)25-19/h1-4,6-9,12-13,24-25,27H,5,10-11H2. The highest BCUT2D eigenvalue weighted by Crippen LogP contribution is 2.39. The third-order valence-electron chi connectivity index (χ3n) is 5.37. The van der Waals surface area contributed by atoms with Gasteiger partial charge in [0.15, 0.2) is 0 Å². The lowest BCUT2D eigenvalue weighted by molar-refractivity contribution is -0.136. The topological polar surface area (TPSA) is 89.2 Å². The van der Waals surface area contributed by atoms with E-state index in [4.69, 9.17) is 0 Å². The van der Waals surface area contributed by atoms with Gasteiger partial charge in [-0.05, 0) is 24.6 Å². The van der Waals surface area contributed by atoms with Gasteiger partial charge in [0.2, 0.25) is 0 Å². The number of carbonyl (C=O) groups is 2. The Morgan fingerprint density at radius 2 is 1.62 bits per heavy atom. The zero-order valence-electron chi connectivity index (χ0n) is 15.6. The summed E-state index contributed by atoms with van der Waals surface area (Å²) in [5.41, 5.74) is 3.89. The summed E-state index contributed by atoms with van der Waals surface area (Å²) in [4.78, 5) is 34.3. The number of rotatable bonds is 5. The summed E-state index contributed by atoms with van der Waals surface area (Å²) in [5, 5.41) is 11.1. The first-order valence-corrected chi connectivity index (χ1v) is 9.55. The molecule has 1 aliphatic rings. The Morgan fingerprint density at radius 1 is 0.897 bits per heavy atom. The molecule has 0 saturated heterocycles. The molecule has 0 fully saturated rings. The number of H-pyrrole nitrogens is 2. The second kappa shape index (κ2) is 6.76. The molecule has 2 amide bonds. The molecule has 0 radical (unpaired) electrons. The van der Waals surface area contributed by atoms with Gasteiger partial charge in [0, 0.05) is 46.7 Å². The molecule has 0 saturated carbocycles. The first-order chi connectivity index (χ1) is 14.2. The number of nitrogens with one attached hydrogen (secondary N) is 2. The van der Waals surface area contributed by atoms with Crippen LogP contribution in [0.15, 0.2) is 60.8 Å². The van der Waals surface area contributed by atoms with Crippen molar-refractivity contribution in [1.29, 1.82) is 0 Å². The summed E-state index contributed by atoms with van der Waals surface area (Å²) in [5.74, 6) is -0.669. The molecule has 1 aliphatic heterocycles. The minimum atomic E-state index is -0.338. The van der Waals surface area contributed by atoms with Crippen molar-refractivity contribution in [3.63, 3.8) is 0 Å². The molecule has 29 heavy (non-hydrogen) atoms. The van der Waals surface area contributed by atoms with Crippen molar-refractivity contribution in [3.05, 3.63) is 72.1 Å². The van der Waals surface area contributed by atoms with Gasteiger partial charge < -0.3 is 15.1 Å². The van der Waals surface area contributed by atoms with E-state index in [1.807, 2.05) is 54.6 Å². The summed E-state index contributed by atoms with van der Waals surface area (Å²) >= 11 is 0. The normalized spacial score (nSPS) is 14.7. The fourth-order valence-corrected chi connectivity index (χ4v) is 3.99. The summed E-state index contributed by atoms with van der Waals surface area (Å²) in [6.07, 6.45) is 2.13. The van der Waals surface area contributed by atoms with Gasteiger partial charge in [-0.25, -0.2) is 0 Å². The van der Waals surface area contributed by atoms with Crippen LogP contribution in [0.25, 0.3) is 33.0 Å². The first-order valence-electron chi connectivity index (χ1n) is 9.55. The molecule has 3 heterocycles. The molecule has 0 unspecified atom stereocenters. The number of aliphatic hydroxyl groups is 1. The number of carbonyl (C=O) groups excluding carboxylic acids is 2. The molecule has 6 heteroatoms. The fourth-order valence-electron chi connectivity index (χ4n) is 3.99. The van der Waals surface area contributed by atoms with Crippen LogP contribution in [0.3, 0.4) is 0 Å². The van der Waals surface area contributed by atoms with E-state index in [2.05, 4.69) is 9.97 Å². The van der Waals surface area contributed by atoms with Crippen LogP contribution in [0.5, 0.6) is 0 Å². The molecule has 0 atom stereocenters. The Balaban J connectivity index is 1.74. The third-order valence-corrected chi connectivity index (χ3v) is 5.37. The quantitative estimate of drug-likeness (QED) is 0.461. The number of aliphatic hydroxyl groups excluding tert-OH is 1. The maximum absolute atomic E-state index is 13.3. The second-order valence-corrected chi connectivity index (χ2v) is 7.11. The van der Waals surface area contributed by atoms with Gasteiger partial charge >= 0.3 is 0 Å². The van der Waals surface area contributed by atoms with Gasteiger partial charge in [-0.1, -0.05) is 36.4 Å². The highest BCUT2D eigenvalue weighted by Gasteiger charge is 2.40. The van der Waals surface area contributed by atoms with Crippen LogP contribution in [0, 0.1) is 0 Å². The Labute approximate surface area is 166 Å². The van der Waals surface area contributed by atoms with Crippen molar-refractivity contribution >= 4 is 44.8 Å². The highest BCUT2D eigenvalue weighted by atomic mass is 16.3. The largest absolute Gasteiger partial charge is 0.396 e. The second-order valence-electron chi connectivity index (χ2n) is 7.11. The number of imide groups is 1. The number of nitrogens with zero attached hydrogens (tertiary/aromatic N) is 1. The Hall–Kier alpha value is -3.64. The molecular formula is C23H19N3O3. The van der Waals surface area contributed by atoms with Crippen molar-refractivity contribution in [3.8, 4) is 0 Å². The van der Waals surface area contributed by atoms with Crippen LogP contribution in [0.1, 0.15) is 17.7 Å². The smallest absolute Gasteiger partial charge is 0.263 e. The predicted octanol–water partition coefficient (Wildman–Crippen LogP) is 3.31. The Morgan fingerprint density at radius 3 is 2.41 bits per heavy atom. The third kappa shape index (κ3) is 2.68. The van der Waals surface area contributed by atoms with Gasteiger partial charge in [-0.15, -0.1) is 0 Å². The van der Waals surface area contributed by atoms with E-state index >= 15 is 0 Å². The molecule has 2 aromatic heterocycles. The van der Waals surface area contributed by atoms with Gasteiger partial charge in [0.05, 0.1) is 16.8 Å². The summed E-state index contributed by atoms with van der Waals surface area (Å²) in [6.45, 7) is 0.102. The van der Waals surface area contributed by atoms with E-state index in [1.165, 1.54) is 4.90 Å². The molecule has 0 bridgehead atoms. The van der Waals surface area contributed by atoms with E-state index in [1.54, 1.807) is 6.20 Å². The number of benzene rings is 2. The van der Waals surface area contributed by atoms with E-state index < -0.39 is 0 Å². The number of hydrogen-bond donors (Lipinski definition) is 3. The lowest BCUT2D eigenvalue weighted by Crippen LogP contribution is -2.32. The van der Waals surface area contributed by atoms with E-state index in [-0.39, 0.29) is 25.0 Å². The van der Waals surface area contributed by atoms with E-state index in [9.17, 15) is 14.7 Å². The van der Waals surface area contributed by atoms with Gasteiger partial charge in [0.1, 0.15) is 0 Å². The number of aromatic amines is 2. The Bertz CT molecular complexity index is 1260. The maximum atomic E-state index is 13.3. The molecular weight excluding hydrogens is 366 g/mol. The van der Waals surface area contributed by atoms with Crippen molar-refractivity contribution in [2.75, 3.05) is 13.2 Å². The minimum Gasteiger partial charge on any atom is -0.396 e. The van der Waals surface area contributed by atoms with Crippen LogP contribution < -0.4 is 0 Å². The van der Waals surface area contributed by atoms with Crippen LogP contribution in [-0.2, 0) is 9.59 Å². The molecule has 0 aliphatic carbocycles. The first kappa shape index (κ1) is 17.5. The summed E-state index contributed by atoms with van der Waals surface area (Å²) in [7, 11) is 0. The zero-order chi connectivity index (χ0) is 20.0. The van der Waals surface area contributed by atoms with Gasteiger partial charge in [-0.3, -0.25) is 14.5 Å². The highest BCUT2D eigenvalue weighted by molar-refractivity contribution is 6.49. The molecule has 3 N–H and O–H groups in total. The predicted molar refractivity (Wildman–Crippen MR) is 112 cm³/mol. The summed E-state index contributed by atoms with van der Waals surface area (Å²) in [6, 6.07) is 17.4. The SMILES string of the molecule is O=C1C(c2cc3ccccc3[nH]2)=C(c2c[nH]c3ccccc23)C(=O)N1CCCO. The number of aromatic nitrogens is 2. The molecule has 4 aromatic rings. The van der Waals surface area contributed by atoms with Gasteiger partial charge in [-0.2, -0.15) is 0 Å². The maximum Gasteiger partial charge on any atom is 0.263 e. The van der Waals surface area contributed by atoms with Crippen molar-refractivity contribution in [1.82, 2.24) is 14.9 Å². The van der Waals surface area contributed by atoms with E-state index in [0.29, 0.717) is 28.8 Å². The average molecular weight is 385 g/mol. The average Bonchev–Trinajstić information content (AvgIpc) is 3.41. The fraction of sp³-hybridized carbons (Fsp3) is 0.130. The van der Waals surface area contributed by atoms with Crippen molar-refractivity contribution in [2.24, 2.45) is 0 Å². The van der Waals surface area contributed by atoms with Crippen LogP contribution >= 0.6 is 0 Å². The number of fused-ring (bicyclic) bond motifs is 2. The summed E-state index contributed by atoms with van der Waals surface area (Å²) < 4.78 is 0. The van der Waals surface area contributed by atoms with Crippen molar-refractivity contribution < 1.29 is 14.7 Å². The van der Waals surface area contributed by atoms with E-state index in [0.717, 1.165) is 21.8 Å². The van der Waals surface area contributed by atoms with Crippen molar-refractivity contribution in [2.45, 2.75) is 6.42 Å². The number of amides is 2. The van der Waals surface area contributed by atoms with Crippen LogP contribution in [0.2, 0.25) is 0 Å². The van der Waals surface area contributed by atoms with Crippen LogP contribution in [-0.4, -0.2) is 44.9 Å². The molecule has 2 aromatic carbocycles.